The van der Waals surface area contributed by atoms with Crippen LogP contribution in [0.25, 0.3) is 11.1 Å². The van der Waals surface area contributed by atoms with E-state index in [0.717, 1.165) is 30.6 Å². The molecule has 2 aromatic rings. The van der Waals surface area contributed by atoms with E-state index in [1.165, 1.54) is 11.1 Å². The van der Waals surface area contributed by atoms with Crippen LogP contribution in [0.5, 0.6) is 0 Å². The molecule has 0 aromatic heterocycles. The lowest BCUT2D eigenvalue weighted by Gasteiger charge is -2.26. The standard InChI is InChI=1S/C18H17N3O2/c19-17(20)21-16(22)11-6-7-13-12-4-1-2-5-14(12)18(15(13)10-11)8-3-9-23-18/h1-2,4-7,10H,3,8-9H2,(H4,19,20,21,22)/t18-/m1/s1. The van der Waals surface area contributed by atoms with Crippen LogP contribution in [-0.4, -0.2) is 18.5 Å². The molecule has 0 radical (unpaired) electrons. The van der Waals surface area contributed by atoms with E-state index in [1.807, 2.05) is 24.3 Å². The molecule has 2 aromatic carbocycles. The van der Waals surface area contributed by atoms with E-state index in [1.54, 1.807) is 6.07 Å². The molecule has 5 nitrogen and oxygen atoms in total. The number of ether oxygens (including phenoxy) is 1. The quantitative estimate of drug-likeness (QED) is 0.624. The van der Waals surface area contributed by atoms with Crippen LogP contribution >= 0.6 is 0 Å². The van der Waals surface area contributed by atoms with Crippen molar-refractivity contribution < 1.29 is 9.53 Å². The molecular formula is C18H17N3O2. The maximum atomic E-state index is 12.1. The number of amides is 1. The molecule has 1 saturated heterocycles. The van der Waals surface area contributed by atoms with E-state index < -0.39 is 11.5 Å². The second-order valence-corrected chi connectivity index (χ2v) is 5.93. The van der Waals surface area contributed by atoms with Crippen LogP contribution in [0, 0.1) is 0 Å². The number of nitrogens with two attached hydrogens (primary N) is 2. The Labute approximate surface area is 134 Å². The normalized spacial score (nSPS) is 21.0. The van der Waals surface area contributed by atoms with Gasteiger partial charge in [-0.1, -0.05) is 30.3 Å². The number of benzene rings is 2. The molecule has 1 fully saturated rings. The molecule has 23 heavy (non-hydrogen) atoms. The van der Waals surface area contributed by atoms with Crippen molar-refractivity contribution in [2.75, 3.05) is 6.61 Å². The predicted molar refractivity (Wildman–Crippen MR) is 88.0 cm³/mol. The maximum Gasteiger partial charge on any atom is 0.280 e. The van der Waals surface area contributed by atoms with Crippen molar-refractivity contribution in [2.45, 2.75) is 18.4 Å². The molecule has 116 valence electrons. The zero-order valence-corrected chi connectivity index (χ0v) is 12.6. The molecule has 1 aliphatic carbocycles. The fourth-order valence-corrected chi connectivity index (χ4v) is 3.71. The van der Waals surface area contributed by atoms with Gasteiger partial charge in [0.15, 0.2) is 5.96 Å². The third kappa shape index (κ3) is 1.97. The molecule has 4 N–H and O–H groups in total. The van der Waals surface area contributed by atoms with Gasteiger partial charge in [-0.15, -0.1) is 0 Å². The third-order valence-corrected chi connectivity index (χ3v) is 4.61. The van der Waals surface area contributed by atoms with Crippen LogP contribution in [-0.2, 0) is 10.3 Å². The van der Waals surface area contributed by atoms with E-state index in [0.29, 0.717) is 5.56 Å². The molecule has 4 rings (SSSR count). The van der Waals surface area contributed by atoms with Gasteiger partial charge in [-0.3, -0.25) is 4.79 Å². The van der Waals surface area contributed by atoms with Crippen LogP contribution in [0.3, 0.4) is 0 Å². The lowest BCUT2D eigenvalue weighted by molar-refractivity contribution is 0.0397. The number of hydrogen-bond donors (Lipinski definition) is 2. The number of aliphatic imine (C=N–C) groups is 1. The summed E-state index contributed by atoms with van der Waals surface area (Å²) in [6.07, 6.45) is 1.91. The van der Waals surface area contributed by atoms with Crippen LogP contribution in [0.1, 0.15) is 34.3 Å². The Kier molecular flexibility index (Phi) is 2.99. The summed E-state index contributed by atoms with van der Waals surface area (Å²) in [7, 11) is 0. The van der Waals surface area contributed by atoms with Crippen molar-refractivity contribution in [1.29, 1.82) is 0 Å². The number of fused-ring (bicyclic) bond motifs is 5. The second kappa shape index (κ2) is 4.93. The smallest absolute Gasteiger partial charge is 0.280 e. The first-order valence-corrected chi connectivity index (χ1v) is 7.64. The molecule has 1 atom stereocenters. The molecule has 2 aliphatic rings. The molecule has 0 saturated carbocycles. The summed E-state index contributed by atoms with van der Waals surface area (Å²) >= 11 is 0. The SMILES string of the molecule is NC(N)=NC(=O)c1ccc2c(c1)[C@@]1(CCCO1)c1ccccc1-2. The molecule has 0 unspecified atom stereocenters. The Morgan fingerprint density at radius 1 is 1.09 bits per heavy atom. The first-order valence-electron chi connectivity index (χ1n) is 7.64. The highest BCUT2D eigenvalue weighted by Gasteiger charge is 2.46. The third-order valence-electron chi connectivity index (χ3n) is 4.61. The van der Waals surface area contributed by atoms with Gasteiger partial charge >= 0.3 is 0 Å². The van der Waals surface area contributed by atoms with Gasteiger partial charge < -0.3 is 16.2 Å². The first kappa shape index (κ1) is 14.0. The first-order chi connectivity index (χ1) is 11.1. The van der Waals surface area contributed by atoms with Crippen molar-refractivity contribution >= 4 is 11.9 Å². The number of nitrogens with zero attached hydrogens (tertiary/aromatic N) is 1. The highest BCUT2D eigenvalue weighted by Crippen LogP contribution is 2.54. The minimum Gasteiger partial charge on any atom is -0.370 e. The molecule has 0 bridgehead atoms. The van der Waals surface area contributed by atoms with Crippen LogP contribution < -0.4 is 11.5 Å². The Morgan fingerprint density at radius 2 is 1.87 bits per heavy atom. The molecule has 1 spiro atoms. The predicted octanol–water partition coefficient (Wildman–Crippen LogP) is 2.13. The average Bonchev–Trinajstić information content (AvgIpc) is 3.13. The maximum absolute atomic E-state index is 12.1. The van der Waals surface area contributed by atoms with E-state index in [-0.39, 0.29) is 5.96 Å². The van der Waals surface area contributed by atoms with Gasteiger partial charge in [-0.25, -0.2) is 0 Å². The molecular weight excluding hydrogens is 290 g/mol. The van der Waals surface area contributed by atoms with E-state index in [9.17, 15) is 4.79 Å². The van der Waals surface area contributed by atoms with E-state index in [2.05, 4.69) is 17.1 Å². The number of carbonyl (C=O) groups is 1. The zero-order valence-electron chi connectivity index (χ0n) is 12.6. The van der Waals surface area contributed by atoms with Gasteiger partial charge in [0, 0.05) is 12.2 Å². The lowest BCUT2D eigenvalue weighted by atomic mass is 9.88. The highest BCUT2D eigenvalue weighted by atomic mass is 16.5. The topological polar surface area (TPSA) is 90.7 Å². The Bertz CT molecular complexity index is 832. The summed E-state index contributed by atoms with van der Waals surface area (Å²) in [6.45, 7) is 0.722. The molecule has 1 heterocycles. The summed E-state index contributed by atoms with van der Waals surface area (Å²) in [5.41, 5.74) is 15.1. The number of carbonyl (C=O) groups excluding carboxylic acids is 1. The van der Waals surface area contributed by atoms with Crippen molar-refractivity contribution in [1.82, 2.24) is 0 Å². The van der Waals surface area contributed by atoms with Crippen molar-refractivity contribution in [3.05, 3.63) is 59.2 Å². The number of hydrogen-bond acceptors (Lipinski definition) is 2. The Morgan fingerprint density at radius 3 is 2.61 bits per heavy atom. The molecule has 1 amide bonds. The minimum atomic E-state index is -0.444. The largest absolute Gasteiger partial charge is 0.370 e. The van der Waals surface area contributed by atoms with Crippen LogP contribution in [0.15, 0.2) is 47.5 Å². The number of rotatable bonds is 1. The lowest BCUT2D eigenvalue weighted by Crippen LogP contribution is -2.25. The van der Waals surface area contributed by atoms with Crippen LogP contribution in [0.4, 0.5) is 0 Å². The highest BCUT2D eigenvalue weighted by molar-refractivity contribution is 6.02. The van der Waals surface area contributed by atoms with Gasteiger partial charge in [0.05, 0.1) is 0 Å². The summed E-state index contributed by atoms with van der Waals surface area (Å²) in [5, 5.41) is 0. The zero-order chi connectivity index (χ0) is 16.0. The van der Waals surface area contributed by atoms with Gasteiger partial charge in [-0.2, -0.15) is 4.99 Å². The van der Waals surface area contributed by atoms with Crippen molar-refractivity contribution in [3.8, 4) is 11.1 Å². The fraction of sp³-hybridized carbons (Fsp3) is 0.222. The fourth-order valence-electron chi connectivity index (χ4n) is 3.71. The Balaban J connectivity index is 1.90. The van der Waals surface area contributed by atoms with Crippen molar-refractivity contribution in [2.24, 2.45) is 16.5 Å². The molecule has 1 aliphatic heterocycles. The number of guanidine groups is 1. The van der Waals surface area contributed by atoms with Gasteiger partial charge in [0.2, 0.25) is 0 Å². The van der Waals surface area contributed by atoms with E-state index >= 15 is 0 Å². The Hall–Kier alpha value is -2.66. The summed E-state index contributed by atoms with van der Waals surface area (Å²) in [5.74, 6) is -0.664. The second-order valence-electron chi connectivity index (χ2n) is 5.93. The monoisotopic (exact) mass is 307 g/mol. The van der Waals surface area contributed by atoms with Crippen LogP contribution in [0.2, 0.25) is 0 Å². The van der Waals surface area contributed by atoms with Gasteiger partial charge in [-0.05, 0) is 47.2 Å². The van der Waals surface area contributed by atoms with Crippen molar-refractivity contribution in [3.63, 3.8) is 0 Å². The van der Waals surface area contributed by atoms with E-state index in [4.69, 9.17) is 16.2 Å². The minimum absolute atomic E-state index is 0.231. The summed E-state index contributed by atoms with van der Waals surface area (Å²) in [6, 6.07) is 13.9. The average molecular weight is 307 g/mol. The summed E-state index contributed by atoms with van der Waals surface area (Å²) in [4.78, 5) is 15.8. The van der Waals surface area contributed by atoms with Gasteiger partial charge in [0.1, 0.15) is 5.60 Å². The molecule has 5 heteroatoms. The van der Waals surface area contributed by atoms with Gasteiger partial charge in [0.25, 0.3) is 5.91 Å². The summed E-state index contributed by atoms with van der Waals surface area (Å²) < 4.78 is 6.17.